The maximum atomic E-state index is 11.2. The third-order valence-corrected chi connectivity index (χ3v) is 2.94. The minimum Gasteiger partial charge on any atom is -0.481 e. The molecule has 0 saturated heterocycles. The number of rotatable bonds is 5. The number of carboxylic acid groups (broad SMARTS) is 2. The van der Waals surface area contributed by atoms with Crippen molar-refractivity contribution < 1.29 is 19.8 Å². The molecule has 6 nitrogen and oxygen atoms in total. The van der Waals surface area contributed by atoms with Crippen LogP contribution in [0.15, 0.2) is 36.4 Å². The van der Waals surface area contributed by atoms with Crippen molar-refractivity contribution in [1.29, 1.82) is 0 Å². The average Bonchev–Trinajstić information content (AvgIpc) is 2.78. The van der Waals surface area contributed by atoms with Gasteiger partial charge in [0.05, 0.1) is 12.1 Å². The summed E-state index contributed by atoms with van der Waals surface area (Å²) >= 11 is 0. The molecular formula is C14H14N2O4. The molecule has 0 aliphatic carbocycles. The highest BCUT2D eigenvalue weighted by atomic mass is 16.4. The van der Waals surface area contributed by atoms with Gasteiger partial charge in [0.1, 0.15) is 0 Å². The van der Waals surface area contributed by atoms with Crippen LogP contribution in [0.1, 0.15) is 18.2 Å². The Hall–Kier alpha value is -2.63. The third-order valence-electron chi connectivity index (χ3n) is 2.94. The van der Waals surface area contributed by atoms with Crippen molar-refractivity contribution in [3.05, 3.63) is 42.1 Å². The molecule has 1 atom stereocenters. The van der Waals surface area contributed by atoms with Crippen LogP contribution in [-0.4, -0.2) is 31.9 Å². The van der Waals surface area contributed by atoms with Gasteiger partial charge in [0.15, 0.2) is 6.04 Å². The SMILES string of the molecule is Cc1cc(-c2ccccc2)nn1C(CC(=O)O)C(=O)O. The molecule has 2 N–H and O–H groups in total. The first-order valence-corrected chi connectivity index (χ1v) is 6.05. The van der Waals surface area contributed by atoms with Crippen LogP contribution in [0.3, 0.4) is 0 Å². The molecule has 1 heterocycles. The second kappa shape index (κ2) is 5.56. The Balaban J connectivity index is 2.40. The minimum absolute atomic E-state index is 0.508. The molecule has 0 fully saturated rings. The van der Waals surface area contributed by atoms with Gasteiger partial charge in [0.25, 0.3) is 0 Å². The van der Waals surface area contributed by atoms with Crippen LogP contribution >= 0.6 is 0 Å². The number of carbonyl (C=O) groups is 2. The van der Waals surface area contributed by atoms with E-state index in [0.717, 1.165) is 5.56 Å². The van der Waals surface area contributed by atoms with E-state index in [4.69, 9.17) is 10.2 Å². The number of hydrogen-bond acceptors (Lipinski definition) is 3. The van der Waals surface area contributed by atoms with Crippen LogP contribution < -0.4 is 0 Å². The van der Waals surface area contributed by atoms with Gasteiger partial charge in [-0.25, -0.2) is 4.79 Å². The highest BCUT2D eigenvalue weighted by Gasteiger charge is 2.25. The van der Waals surface area contributed by atoms with Crippen molar-refractivity contribution in [1.82, 2.24) is 9.78 Å². The summed E-state index contributed by atoms with van der Waals surface area (Å²) in [6.07, 6.45) is -0.508. The lowest BCUT2D eigenvalue weighted by atomic mass is 10.1. The molecule has 104 valence electrons. The van der Waals surface area contributed by atoms with Gasteiger partial charge in [-0.3, -0.25) is 9.48 Å². The molecule has 1 unspecified atom stereocenters. The summed E-state index contributed by atoms with van der Waals surface area (Å²) in [5.74, 6) is -2.38. The van der Waals surface area contributed by atoms with Crippen LogP contribution in [0.4, 0.5) is 0 Å². The lowest BCUT2D eigenvalue weighted by Gasteiger charge is -2.12. The Morgan fingerprint density at radius 2 is 1.90 bits per heavy atom. The van der Waals surface area contributed by atoms with E-state index < -0.39 is 24.4 Å². The standard InChI is InChI=1S/C14H14N2O4/c1-9-7-11(10-5-3-2-4-6-10)15-16(9)12(14(19)20)8-13(17)18/h2-7,12H,8H2,1H3,(H,17,18)(H,19,20). The molecule has 0 saturated carbocycles. The zero-order valence-electron chi connectivity index (χ0n) is 10.9. The van der Waals surface area contributed by atoms with E-state index in [2.05, 4.69) is 5.10 Å². The van der Waals surface area contributed by atoms with Gasteiger partial charge < -0.3 is 10.2 Å². The van der Waals surface area contributed by atoms with Gasteiger partial charge in [0.2, 0.25) is 0 Å². The van der Waals surface area contributed by atoms with E-state index in [0.29, 0.717) is 11.4 Å². The molecule has 0 spiro atoms. The van der Waals surface area contributed by atoms with Gasteiger partial charge in [-0.15, -0.1) is 0 Å². The molecule has 6 heteroatoms. The van der Waals surface area contributed by atoms with Gasteiger partial charge in [-0.05, 0) is 13.0 Å². The highest BCUT2D eigenvalue weighted by Crippen LogP contribution is 2.22. The predicted octanol–water partition coefficient (Wildman–Crippen LogP) is 1.96. The quantitative estimate of drug-likeness (QED) is 0.869. The number of benzene rings is 1. The first-order valence-electron chi connectivity index (χ1n) is 6.05. The Bertz CT molecular complexity index is 634. The smallest absolute Gasteiger partial charge is 0.329 e. The molecule has 0 radical (unpaired) electrons. The minimum atomic E-state index is -1.21. The molecule has 2 rings (SSSR count). The Morgan fingerprint density at radius 3 is 2.45 bits per heavy atom. The average molecular weight is 274 g/mol. The van der Waals surface area contributed by atoms with Gasteiger partial charge in [-0.2, -0.15) is 5.10 Å². The predicted molar refractivity (Wildman–Crippen MR) is 71.3 cm³/mol. The Morgan fingerprint density at radius 1 is 1.25 bits per heavy atom. The molecule has 1 aromatic heterocycles. The summed E-state index contributed by atoms with van der Waals surface area (Å²) in [4.78, 5) is 22.0. The fourth-order valence-electron chi connectivity index (χ4n) is 2.00. The van der Waals surface area contributed by atoms with Crippen molar-refractivity contribution in [3.63, 3.8) is 0 Å². The molecule has 0 amide bonds. The molecule has 0 bridgehead atoms. The second-order valence-electron chi connectivity index (χ2n) is 4.43. The number of aryl methyl sites for hydroxylation is 1. The fourth-order valence-corrected chi connectivity index (χ4v) is 2.00. The Labute approximate surface area is 115 Å². The topological polar surface area (TPSA) is 92.4 Å². The van der Waals surface area contributed by atoms with Crippen molar-refractivity contribution in [2.45, 2.75) is 19.4 Å². The highest BCUT2D eigenvalue weighted by molar-refractivity contribution is 5.79. The van der Waals surface area contributed by atoms with Crippen LogP contribution in [-0.2, 0) is 9.59 Å². The Kier molecular flexibility index (Phi) is 3.84. The van der Waals surface area contributed by atoms with Crippen molar-refractivity contribution >= 4 is 11.9 Å². The van der Waals surface area contributed by atoms with Crippen molar-refractivity contribution in [2.24, 2.45) is 0 Å². The van der Waals surface area contributed by atoms with E-state index in [-0.39, 0.29) is 0 Å². The summed E-state index contributed by atoms with van der Waals surface area (Å²) < 4.78 is 1.25. The zero-order valence-corrected chi connectivity index (χ0v) is 10.9. The van der Waals surface area contributed by atoms with Crippen molar-refractivity contribution in [3.8, 4) is 11.3 Å². The number of nitrogens with zero attached hydrogens (tertiary/aromatic N) is 2. The van der Waals surface area contributed by atoms with E-state index in [9.17, 15) is 9.59 Å². The molecule has 0 aliphatic rings. The first-order chi connectivity index (χ1) is 9.49. The summed E-state index contributed by atoms with van der Waals surface area (Å²) in [5.41, 5.74) is 2.09. The van der Waals surface area contributed by atoms with Crippen LogP contribution in [0.5, 0.6) is 0 Å². The molecule has 1 aromatic carbocycles. The number of carboxylic acids is 2. The van der Waals surface area contributed by atoms with Crippen LogP contribution in [0.2, 0.25) is 0 Å². The van der Waals surface area contributed by atoms with E-state index in [1.54, 1.807) is 13.0 Å². The van der Waals surface area contributed by atoms with Gasteiger partial charge in [0, 0.05) is 11.3 Å². The number of aliphatic carboxylic acids is 2. The summed E-state index contributed by atoms with van der Waals surface area (Å²) in [7, 11) is 0. The lowest BCUT2D eigenvalue weighted by Crippen LogP contribution is -2.24. The van der Waals surface area contributed by atoms with E-state index in [1.807, 2.05) is 30.3 Å². The second-order valence-corrected chi connectivity index (χ2v) is 4.43. The summed E-state index contributed by atoms with van der Waals surface area (Å²) in [6.45, 7) is 1.71. The van der Waals surface area contributed by atoms with Gasteiger partial charge in [-0.1, -0.05) is 30.3 Å². The first kappa shape index (κ1) is 13.8. The summed E-state index contributed by atoms with van der Waals surface area (Å²) in [6, 6.07) is 9.85. The molecule has 20 heavy (non-hydrogen) atoms. The fraction of sp³-hybridized carbons (Fsp3) is 0.214. The molecular weight excluding hydrogens is 260 g/mol. The molecule has 0 aliphatic heterocycles. The largest absolute Gasteiger partial charge is 0.481 e. The lowest BCUT2D eigenvalue weighted by molar-refractivity contribution is -0.147. The van der Waals surface area contributed by atoms with Crippen molar-refractivity contribution in [2.75, 3.05) is 0 Å². The number of hydrogen-bond donors (Lipinski definition) is 2. The van der Waals surface area contributed by atoms with E-state index in [1.165, 1.54) is 4.68 Å². The maximum Gasteiger partial charge on any atom is 0.329 e. The number of aromatic nitrogens is 2. The van der Waals surface area contributed by atoms with Gasteiger partial charge >= 0.3 is 11.9 Å². The molecule has 2 aromatic rings. The summed E-state index contributed by atoms with van der Waals surface area (Å²) in [5, 5.41) is 22.2. The zero-order chi connectivity index (χ0) is 14.7. The van der Waals surface area contributed by atoms with Crippen LogP contribution in [0, 0.1) is 6.92 Å². The monoisotopic (exact) mass is 274 g/mol. The maximum absolute atomic E-state index is 11.2. The third kappa shape index (κ3) is 2.85. The van der Waals surface area contributed by atoms with Crippen LogP contribution in [0.25, 0.3) is 11.3 Å². The van der Waals surface area contributed by atoms with E-state index >= 15 is 0 Å². The normalized spacial score (nSPS) is 12.1.